The van der Waals surface area contributed by atoms with Gasteiger partial charge in [-0.05, 0) is 36.2 Å². The molecule has 2 aromatic carbocycles. The van der Waals surface area contributed by atoms with Gasteiger partial charge in [0.1, 0.15) is 0 Å². The number of hydrogen-bond acceptors (Lipinski definition) is 1. The lowest BCUT2D eigenvalue weighted by Gasteiger charge is -2.06. The maximum atomic E-state index is 12.3. The summed E-state index contributed by atoms with van der Waals surface area (Å²) in [6.45, 7) is 2.06. The van der Waals surface area contributed by atoms with Crippen molar-refractivity contribution in [2.75, 3.05) is 0 Å². The molecule has 17 heavy (non-hydrogen) atoms. The number of carbonyl (C=O) groups is 1. The first-order valence-electron chi connectivity index (χ1n) is 5.60. The Balaban J connectivity index is 2.40. The highest BCUT2D eigenvalue weighted by Gasteiger charge is 2.11. The van der Waals surface area contributed by atoms with Gasteiger partial charge in [0.25, 0.3) is 0 Å². The Morgan fingerprint density at radius 3 is 2.35 bits per heavy atom. The van der Waals surface area contributed by atoms with Crippen molar-refractivity contribution in [3.05, 3.63) is 69.7 Å². The van der Waals surface area contributed by atoms with Crippen LogP contribution in [0, 0.1) is 0 Å². The minimum Gasteiger partial charge on any atom is -0.289 e. The molecule has 86 valence electrons. The molecule has 0 aliphatic rings. The van der Waals surface area contributed by atoms with E-state index in [1.165, 1.54) is 0 Å². The Hall–Kier alpha value is -1.41. The summed E-state index contributed by atoms with van der Waals surface area (Å²) in [5, 5.41) is 0. The van der Waals surface area contributed by atoms with Crippen LogP contribution in [0.4, 0.5) is 0 Å². The number of carbonyl (C=O) groups excluding carboxylic acids is 1. The van der Waals surface area contributed by atoms with E-state index in [0.717, 1.165) is 27.6 Å². The number of halogens is 1. The number of benzene rings is 2. The van der Waals surface area contributed by atoms with Gasteiger partial charge in [0.2, 0.25) is 0 Å². The Labute approximate surface area is 110 Å². The van der Waals surface area contributed by atoms with Crippen LogP contribution < -0.4 is 0 Å². The molecule has 0 aliphatic heterocycles. The summed E-state index contributed by atoms with van der Waals surface area (Å²) in [7, 11) is 0. The van der Waals surface area contributed by atoms with Crippen molar-refractivity contribution in [3.8, 4) is 0 Å². The van der Waals surface area contributed by atoms with Crippen LogP contribution in [0.15, 0.2) is 53.0 Å². The maximum Gasteiger partial charge on any atom is 0.193 e. The van der Waals surface area contributed by atoms with E-state index in [2.05, 4.69) is 22.9 Å². The van der Waals surface area contributed by atoms with Gasteiger partial charge in [-0.1, -0.05) is 47.1 Å². The SMILES string of the molecule is CCc1ccccc1C(=O)c1ccc(Br)cc1. The molecule has 0 saturated carbocycles. The minimum atomic E-state index is 0.0925. The molecule has 2 rings (SSSR count). The quantitative estimate of drug-likeness (QED) is 0.772. The highest BCUT2D eigenvalue weighted by atomic mass is 79.9. The third-order valence-electron chi connectivity index (χ3n) is 2.75. The molecule has 0 saturated heterocycles. The van der Waals surface area contributed by atoms with Crippen LogP contribution in [0.3, 0.4) is 0 Å². The van der Waals surface area contributed by atoms with Crippen molar-refractivity contribution in [3.63, 3.8) is 0 Å². The molecule has 0 bridgehead atoms. The summed E-state index contributed by atoms with van der Waals surface area (Å²) in [6.07, 6.45) is 0.873. The predicted molar refractivity (Wildman–Crippen MR) is 73.4 cm³/mol. The van der Waals surface area contributed by atoms with E-state index in [1.54, 1.807) is 0 Å². The average Bonchev–Trinajstić information content (AvgIpc) is 2.39. The average molecular weight is 289 g/mol. The Kier molecular flexibility index (Phi) is 3.75. The molecule has 0 spiro atoms. The minimum absolute atomic E-state index is 0.0925. The lowest BCUT2D eigenvalue weighted by atomic mass is 9.97. The number of rotatable bonds is 3. The van der Waals surface area contributed by atoms with Crippen molar-refractivity contribution in [2.45, 2.75) is 13.3 Å². The van der Waals surface area contributed by atoms with Gasteiger partial charge in [-0.15, -0.1) is 0 Å². The molecule has 0 fully saturated rings. The molecule has 0 heterocycles. The molecule has 0 atom stereocenters. The van der Waals surface area contributed by atoms with Gasteiger partial charge >= 0.3 is 0 Å². The summed E-state index contributed by atoms with van der Waals surface area (Å²) in [5.74, 6) is 0.0925. The van der Waals surface area contributed by atoms with E-state index in [9.17, 15) is 4.79 Å². The third-order valence-corrected chi connectivity index (χ3v) is 3.28. The van der Waals surface area contributed by atoms with Crippen molar-refractivity contribution in [1.82, 2.24) is 0 Å². The van der Waals surface area contributed by atoms with Crippen LogP contribution in [-0.2, 0) is 6.42 Å². The largest absolute Gasteiger partial charge is 0.289 e. The van der Waals surface area contributed by atoms with Crippen molar-refractivity contribution in [2.24, 2.45) is 0 Å². The van der Waals surface area contributed by atoms with E-state index in [0.29, 0.717) is 0 Å². The molecule has 0 amide bonds. The van der Waals surface area contributed by atoms with Crippen LogP contribution in [0.25, 0.3) is 0 Å². The Morgan fingerprint density at radius 1 is 1.06 bits per heavy atom. The monoisotopic (exact) mass is 288 g/mol. The van der Waals surface area contributed by atoms with Crippen molar-refractivity contribution >= 4 is 21.7 Å². The Morgan fingerprint density at radius 2 is 1.71 bits per heavy atom. The van der Waals surface area contributed by atoms with Gasteiger partial charge < -0.3 is 0 Å². The summed E-state index contributed by atoms with van der Waals surface area (Å²) < 4.78 is 0.984. The fraction of sp³-hybridized carbons (Fsp3) is 0.133. The second-order valence-electron chi connectivity index (χ2n) is 3.85. The lowest BCUT2D eigenvalue weighted by molar-refractivity contribution is 0.103. The molecule has 2 heteroatoms. The highest BCUT2D eigenvalue weighted by Crippen LogP contribution is 2.17. The first kappa shape index (κ1) is 12.1. The standard InChI is InChI=1S/C15H13BrO/c1-2-11-5-3-4-6-14(11)15(17)12-7-9-13(16)10-8-12/h3-10H,2H2,1H3. The fourth-order valence-corrected chi connectivity index (χ4v) is 2.07. The normalized spacial score (nSPS) is 10.2. The van der Waals surface area contributed by atoms with Crippen LogP contribution in [0.1, 0.15) is 28.4 Å². The number of ketones is 1. The summed E-state index contributed by atoms with van der Waals surface area (Å²) in [6, 6.07) is 15.2. The number of aryl methyl sites for hydroxylation is 1. The van der Waals surface area contributed by atoms with E-state index in [-0.39, 0.29) is 5.78 Å². The smallest absolute Gasteiger partial charge is 0.193 e. The summed E-state index contributed by atoms with van der Waals surface area (Å²) >= 11 is 3.37. The summed E-state index contributed by atoms with van der Waals surface area (Å²) in [4.78, 5) is 12.3. The number of hydrogen-bond donors (Lipinski definition) is 0. The van der Waals surface area contributed by atoms with Gasteiger partial charge in [0, 0.05) is 15.6 Å². The van der Waals surface area contributed by atoms with Crippen LogP contribution >= 0.6 is 15.9 Å². The molecular weight excluding hydrogens is 276 g/mol. The van der Waals surface area contributed by atoms with Crippen LogP contribution in [0.5, 0.6) is 0 Å². The van der Waals surface area contributed by atoms with Crippen LogP contribution in [0.2, 0.25) is 0 Å². The van der Waals surface area contributed by atoms with Crippen molar-refractivity contribution < 1.29 is 4.79 Å². The summed E-state index contributed by atoms with van der Waals surface area (Å²) in [5.41, 5.74) is 2.63. The van der Waals surface area contributed by atoms with Crippen LogP contribution in [-0.4, -0.2) is 5.78 Å². The van der Waals surface area contributed by atoms with Gasteiger partial charge in [0.15, 0.2) is 5.78 Å². The molecule has 0 aliphatic carbocycles. The van der Waals surface area contributed by atoms with Gasteiger partial charge in [-0.3, -0.25) is 4.79 Å². The van der Waals surface area contributed by atoms with Gasteiger partial charge in [-0.2, -0.15) is 0 Å². The zero-order valence-electron chi connectivity index (χ0n) is 9.61. The molecule has 0 aromatic heterocycles. The second kappa shape index (κ2) is 5.28. The first-order chi connectivity index (χ1) is 8.22. The highest BCUT2D eigenvalue weighted by molar-refractivity contribution is 9.10. The van der Waals surface area contributed by atoms with E-state index < -0.39 is 0 Å². The molecule has 0 radical (unpaired) electrons. The second-order valence-corrected chi connectivity index (χ2v) is 4.76. The fourth-order valence-electron chi connectivity index (χ4n) is 1.81. The van der Waals surface area contributed by atoms with Gasteiger partial charge in [-0.25, -0.2) is 0 Å². The van der Waals surface area contributed by atoms with Crippen molar-refractivity contribution in [1.29, 1.82) is 0 Å². The molecule has 0 unspecified atom stereocenters. The molecule has 1 nitrogen and oxygen atoms in total. The zero-order valence-corrected chi connectivity index (χ0v) is 11.2. The third kappa shape index (κ3) is 2.64. The van der Waals surface area contributed by atoms with E-state index in [1.807, 2.05) is 48.5 Å². The maximum absolute atomic E-state index is 12.3. The van der Waals surface area contributed by atoms with E-state index in [4.69, 9.17) is 0 Å². The first-order valence-corrected chi connectivity index (χ1v) is 6.40. The topological polar surface area (TPSA) is 17.1 Å². The molecule has 0 N–H and O–H groups in total. The lowest BCUT2D eigenvalue weighted by Crippen LogP contribution is -2.04. The Bertz CT molecular complexity index is 529. The van der Waals surface area contributed by atoms with E-state index >= 15 is 0 Å². The zero-order chi connectivity index (χ0) is 12.3. The predicted octanol–water partition coefficient (Wildman–Crippen LogP) is 4.24. The van der Waals surface area contributed by atoms with Gasteiger partial charge in [0.05, 0.1) is 0 Å². The molecular formula is C15H13BrO. The molecule has 2 aromatic rings.